The summed E-state index contributed by atoms with van der Waals surface area (Å²) < 4.78 is 16.6. The van der Waals surface area contributed by atoms with Gasteiger partial charge in [0.1, 0.15) is 18.1 Å². The van der Waals surface area contributed by atoms with Crippen LogP contribution in [0.1, 0.15) is 18.1 Å². The molecule has 8 heteroatoms. The summed E-state index contributed by atoms with van der Waals surface area (Å²) in [4.78, 5) is 7.09. The highest BCUT2D eigenvalue weighted by Crippen LogP contribution is 2.14. The van der Waals surface area contributed by atoms with Gasteiger partial charge in [-0.2, -0.15) is 0 Å². The van der Waals surface area contributed by atoms with Gasteiger partial charge in [-0.3, -0.25) is 4.90 Å². The Labute approximate surface area is 208 Å². The Morgan fingerprint density at radius 1 is 1.03 bits per heavy atom. The van der Waals surface area contributed by atoms with E-state index in [1.54, 1.807) is 7.11 Å². The van der Waals surface area contributed by atoms with Gasteiger partial charge in [0.15, 0.2) is 5.96 Å². The van der Waals surface area contributed by atoms with Crippen LogP contribution in [0.25, 0.3) is 0 Å². The number of halogens is 1. The fourth-order valence-electron chi connectivity index (χ4n) is 3.29. The van der Waals surface area contributed by atoms with E-state index >= 15 is 0 Å². The number of guanidine groups is 1. The third-order valence-corrected chi connectivity index (χ3v) is 5.06. The van der Waals surface area contributed by atoms with Gasteiger partial charge in [0.2, 0.25) is 0 Å². The number of rotatable bonds is 10. The van der Waals surface area contributed by atoms with Crippen LogP contribution in [0.4, 0.5) is 0 Å². The molecule has 1 aliphatic rings. The van der Waals surface area contributed by atoms with Gasteiger partial charge in [-0.15, -0.1) is 24.0 Å². The highest BCUT2D eigenvalue weighted by molar-refractivity contribution is 14.0. The minimum atomic E-state index is 0. The molecule has 7 nitrogen and oxygen atoms in total. The number of benzene rings is 2. The average molecular weight is 554 g/mol. The quantitative estimate of drug-likeness (QED) is 0.267. The zero-order chi connectivity index (χ0) is 21.7. The molecule has 0 aliphatic carbocycles. The van der Waals surface area contributed by atoms with E-state index in [9.17, 15) is 0 Å². The summed E-state index contributed by atoms with van der Waals surface area (Å²) in [6, 6.07) is 16.2. The summed E-state index contributed by atoms with van der Waals surface area (Å²) in [6.45, 7) is 9.34. The van der Waals surface area contributed by atoms with Gasteiger partial charge in [0.25, 0.3) is 0 Å². The fourth-order valence-corrected chi connectivity index (χ4v) is 3.29. The molecule has 2 N–H and O–H groups in total. The highest BCUT2D eigenvalue weighted by atomic mass is 127. The lowest BCUT2D eigenvalue weighted by Gasteiger charge is -2.26. The molecule has 1 heterocycles. The van der Waals surface area contributed by atoms with E-state index in [0.717, 1.165) is 62.4 Å². The zero-order valence-electron chi connectivity index (χ0n) is 19.0. The number of ether oxygens (including phenoxy) is 3. The third-order valence-electron chi connectivity index (χ3n) is 5.06. The molecule has 1 saturated heterocycles. The van der Waals surface area contributed by atoms with Gasteiger partial charge >= 0.3 is 0 Å². The van der Waals surface area contributed by atoms with Gasteiger partial charge in [-0.1, -0.05) is 24.3 Å². The molecule has 1 fully saturated rings. The minimum absolute atomic E-state index is 0. The second-order valence-electron chi connectivity index (χ2n) is 7.35. The molecule has 32 heavy (non-hydrogen) atoms. The Morgan fingerprint density at radius 3 is 2.53 bits per heavy atom. The van der Waals surface area contributed by atoms with E-state index in [4.69, 9.17) is 19.2 Å². The van der Waals surface area contributed by atoms with Gasteiger partial charge in [-0.05, 0) is 42.3 Å². The first-order chi connectivity index (χ1) is 15.3. The molecular formula is C24H35IN4O3. The number of aliphatic imine (C=N–C) groups is 1. The lowest BCUT2D eigenvalue weighted by atomic mass is 10.2. The van der Waals surface area contributed by atoms with Crippen molar-refractivity contribution in [2.75, 3.05) is 53.1 Å². The predicted octanol–water partition coefficient (Wildman–Crippen LogP) is 3.28. The number of nitrogens with zero attached hydrogens (tertiary/aromatic N) is 2. The summed E-state index contributed by atoms with van der Waals surface area (Å²) >= 11 is 0. The molecule has 0 radical (unpaired) electrons. The second kappa shape index (κ2) is 14.9. The van der Waals surface area contributed by atoms with Crippen LogP contribution in [0.3, 0.4) is 0 Å². The first-order valence-corrected chi connectivity index (χ1v) is 10.9. The molecule has 0 atom stereocenters. The first-order valence-electron chi connectivity index (χ1n) is 10.9. The van der Waals surface area contributed by atoms with E-state index in [0.29, 0.717) is 19.7 Å². The predicted molar refractivity (Wildman–Crippen MR) is 139 cm³/mol. The van der Waals surface area contributed by atoms with E-state index in [1.165, 1.54) is 5.56 Å². The summed E-state index contributed by atoms with van der Waals surface area (Å²) in [5.74, 6) is 2.53. The standard InChI is InChI=1S/C24H34N4O3.HI/c1-3-25-24(26-18-20-7-9-22(29-2)10-8-20)27-19-21-5-4-6-23(17-21)31-16-13-28-11-14-30-15-12-28;/h4-10,17H,3,11-16,18-19H2,1-2H3,(H2,25,26,27);1H. The molecule has 0 unspecified atom stereocenters. The molecule has 0 bridgehead atoms. The van der Waals surface area contributed by atoms with Crippen molar-refractivity contribution < 1.29 is 14.2 Å². The molecule has 0 amide bonds. The van der Waals surface area contributed by atoms with Crippen molar-refractivity contribution in [3.8, 4) is 11.5 Å². The maximum absolute atomic E-state index is 5.96. The largest absolute Gasteiger partial charge is 0.497 e. The van der Waals surface area contributed by atoms with Crippen molar-refractivity contribution in [2.24, 2.45) is 4.99 Å². The number of morpholine rings is 1. The Kier molecular flexibility index (Phi) is 12.2. The topological polar surface area (TPSA) is 67.4 Å². The van der Waals surface area contributed by atoms with Gasteiger partial charge < -0.3 is 24.8 Å². The SMILES string of the molecule is CCNC(=NCc1cccc(OCCN2CCOCC2)c1)NCc1ccc(OC)cc1.I. The number of methoxy groups -OCH3 is 1. The number of hydrogen-bond acceptors (Lipinski definition) is 5. The minimum Gasteiger partial charge on any atom is -0.497 e. The van der Waals surface area contributed by atoms with Crippen LogP contribution in [0.15, 0.2) is 53.5 Å². The summed E-state index contributed by atoms with van der Waals surface area (Å²) in [6.07, 6.45) is 0. The summed E-state index contributed by atoms with van der Waals surface area (Å²) in [5.41, 5.74) is 2.28. The molecule has 3 rings (SSSR count). The monoisotopic (exact) mass is 554 g/mol. The van der Waals surface area contributed by atoms with E-state index in [-0.39, 0.29) is 24.0 Å². The summed E-state index contributed by atoms with van der Waals surface area (Å²) in [5, 5.41) is 6.68. The molecule has 2 aromatic rings. The Balaban J connectivity index is 0.00000363. The van der Waals surface area contributed by atoms with E-state index in [2.05, 4.69) is 34.6 Å². The van der Waals surface area contributed by atoms with Crippen molar-refractivity contribution >= 4 is 29.9 Å². The fraction of sp³-hybridized carbons (Fsp3) is 0.458. The van der Waals surface area contributed by atoms with Crippen LogP contribution >= 0.6 is 24.0 Å². The maximum Gasteiger partial charge on any atom is 0.191 e. The van der Waals surface area contributed by atoms with Gasteiger partial charge in [0, 0.05) is 32.7 Å². The van der Waals surface area contributed by atoms with E-state index < -0.39 is 0 Å². The molecule has 2 aromatic carbocycles. The van der Waals surface area contributed by atoms with Crippen LogP contribution in [-0.2, 0) is 17.8 Å². The molecule has 1 aliphatic heterocycles. The van der Waals surface area contributed by atoms with Crippen molar-refractivity contribution in [2.45, 2.75) is 20.0 Å². The molecular weight excluding hydrogens is 519 g/mol. The number of hydrogen-bond donors (Lipinski definition) is 2. The number of nitrogens with one attached hydrogen (secondary N) is 2. The lowest BCUT2D eigenvalue weighted by Crippen LogP contribution is -2.38. The van der Waals surface area contributed by atoms with Crippen LogP contribution in [0.2, 0.25) is 0 Å². The van der Waals surface area contributed by atoms with Crippen molar-refractivity contribution in [3.63, 3.8) is 0 Å². The molecule has 0 spiro atoms. The normalized spacial score (nSPS) is 14.4. The summed E-state index contributed by atoms with van der Waals surface area (Å²) in [7, 11) is 1.67. The van der Waals surface area contributed by atoms with Crippen molar-refractivity contribution in [1.82, 2.24) is 15.5 Å². The Hall–Kier alpha value is -2.04. The van der Waals surface area contributed by atoms with Gasteiger partial charge in [0.05, 0.1) is 26.9 Å². The first kappa shape index (κ1) is 26.2. The second-order valence-corrected chi connectivity index (χ2v) is 7.35. The molecule has 0 aromatic heterocycles. The van der Waals surface area contributed by atoms with Gasteiger partial charge in [-0.25, -0.2) is 4.99 Å². The molecule has 176 valence electrons. The molecule has 0 saturated carbocycles. The Morgan fingerprint density at radius 2 is 1.81 bits per heavy atom. The van der Waals surface area contributed by atoms with Crippen LogP contribution in [0, 0.1) is 0 Å². The zero-order valence-corrected chi connectivity index (χ0v) is 21.3. The van der Waals surface area contributed by atoms with Crippen molar-refractivity contribution in [3.05, 3.63) is 59.7 Å². The lowest BCUT2D eigenvalue weighted by molar-refractivity contribution is 0.0322. The highest BCUT2D eigenvalue weighted by Gasteiger charge is 2.09. The van der Waals surface area contributed by atoms with Crippen LogP contribution in [0.5, 0.6) is 11.5 Å². The van der Waals surface area contributed by atoms with Crippen LogP contribution in [-0.4, -0.2) is 64.0 Å². The third kappa shape index (κ3) is 9.22. The van der Waals surface area contributed by atoms with Crippen LogP contribution < -0.4 is 20.1 Å². The average Bonchev–Trinajstić information content (AvgIpc) is 2.82. The smallest absolute Gasteiger partial charge is 0.191 e. The van der Waals surface area contributed by atoms with E-state index in [1.807, 2.05) is 36.4 Å². The Bertz CT molecular complexity index is 811. The maximum atomic E-state index is 5.96. The van der Waals surface area contributed by atoms with Crippen molar-refractivity contribution in [1.29, 1.82) is 0 Å².